The van der Waals surface area contributed by atoms with Crippen LogP contribution in [0.2, 0.25) is 0 Å². The molecule has 1 aliphatic carbocycles. The standard InChI is InChI=1S/C37H24N2/c1-3-13-29-25(9-1)26-10-2-4-14-30(26)37(29)23-17-19-33-31(21-23)32-22-24(18-20-34(32)38-33)39-35-15-7-5-11-27(35)28-12-6-8-16-36(28)39/h1-22,37-38H. The molecule has 39 heavy (non-hydrogen) atoms. The summed E-state index contributed by atoms with van der Waals surface area (Å²) in [6.45, 7) is 0. The van der Waals surface area contributed by atoms with Crippen molar-refractivity contribution in [2.24, 2.45) is 0 Å². The van der Waals surface area contributed by atoms with Gasteiger partial charge in [-0.1, -0.05) is 91.0 Å². The molecule has 1 aliphatic rings. The second kappa shape index (κ2) is 7.72. The number of fused-ring (bicyclic) bond motifs is 9. The van der Waals surface area contributed by atoms with E-state index in [-0.39, 0.29) is 5.92 Å². The summed E-state index contributed by atoms with van der Waals surface area (Å²) in [6.07, 6.45) is 0. The molecule has 0 unspecified atom stereocenters. The van der Waals surface area contributed by atoms with Crippen LogP contribution in [0.25, 0.3) is 60.4 Å². The number of hydrogen-bond donors (Lipinski definition) is 1. The third-order valence-corrected chi connectivity index (χ3v) is 8.61. The van der Waals surface area contributed by atoms with E-state index in [0.717, 1.165) is 0 Å². The first-order chi connectivity index (χ1) is 19.3. The highest BCUT2D eigenvalue weighted by Crippen LogP contribution is 2.48. The van der Waals surface area contributed by atoms with Crippen molar-refractivity contribution in [2.45, 2.75) is 5.92 Å². The second-order valence-corrected chi connectivity index (χ2v) is 10.6. The Hall–Kier alpha value is -5.08. The number of rotatable bonds is 2. The average molecular weight is 497 g/mol. The Labute approximate surface area is 225 Å². The molecule has 0 radical (unpaired) electrons. The average Bonchev–Trinajstić information content (AvgIpc) is 3.64. The van der Waals surface area contributed by atoms with Crippen LogP contribution >= 0.6 is 0 Å². The third-order valence-electron chi connectivity index (χ3n) is 8.61. The van der Waals surface area contributed by atoms with Crippen LogP contribution in [0.3, 0.4) is 0 Å². The van der Waals surface area contributed by atoms with Crippen LogP contribution in [0, 0.1) is 0 Å². The molecule has 2 aromatic heterocycles. The number of aromatic nitrogens is 2. The molecular formula is C37H24N2. The van der Waals surface area contributed by atoms with Crippen molar-refractivity contribution in [3.05, 3.63) is 150 Å². The van der Waals surface area contributed by atoms with Crippen molar-refractivity contribution in [1.29, 1.82) is 0 Å². The largest absolute Gasteiger partial charge is 0.355 e. The summed E-state index contributed by atoms with van der Waals surface area (Å²) in [5, 5.41) is 5.10. The van der Waals surface area contributed by atoms with Gasteiger partial charge in [0.05, 0.1) is 11.0 Å². The number of aromatic amines is 1. The molecular weight excluding hydrogens is 472 g/mol. The molecule has 0 saturated carbocycles. The molecule has 0 bridgehead atoms. The third kappa shape index (κ3) is 2.86. The zero-order chi connectivity index (χ0) is 25.5. The molecule has 0 atom stereocenters. The highest BCUT2D eigenvalue weighted by atomic mass is 15.0. The summed E-state index contributed by atoms with van der Waals surface area (Å²) < 4.78 is 2.40. The maximum absolute atomic E-state index is 3.67. The topological polar surface area (TPSA) is 20.7 Å². The van der Waals surface area contributed by atoms with Gasteiger partial charge in [-0.05, 0) is 70.3 Å². The molecule has 8 aromatic rings. The molecule has 2 heteroatoms. The Balaban J connectivity index is 1.28. The zero-order valence-corrected chi connectivity index (χ0v) is 21.2. The molecule has 0 saturated heterocycles. The van der Waals surface area contributed by atoms with Crippen LogP contribution in [0.5, 0.6) is 0 Å². The van der Waals surface area contributed by atoms with Gasteiger partial charge < -0.3 is 9.55 Å². The minimum Gasteiger partial charge on any atom is -0.355 e. The summed E-state index contributed by atoms with van der Waals surface area (Å²) in [5.74, 6) is 0.243. The van der Waals surface area contributed by atoms with Gasteiger partial charge in [0.15, 0.2) is 0 Å². The molecule has 0 spiro atoms. The number of para-hydroxylation sites is 2. The van der Waals surface area contributed by atoms with E-state index in [2.05, 4.69) is 143 Å². The molecule has 0 amide bonds. The lowest BCUT2D eigenvalue weighted by atomic mass is 9.88. The lowest BCUT2D eigenvalue weighted by Gasteiger charge is -2.14. The molecule has 9 rings (SSSR count). The summed E-state index contributed by atoms with van der Waals surface area (Å²) in [7, 11) is 0. The highest BCUT2D eigenvalue weighted by Gasteiger charge is 2.29. The maximum Gasteiger partial charge on any atom is 0.0541 e. The van der Waals surface area contributed by atoms with E-state index >= 15 is 0 Å². The number of hydrogen-bond acceptors (Lipinski definition) is 0. The minimum absolute atomic E-state index is 0.243. The first kappa shape index (κ1) is 20.9. The summed E-state index contributed by atoms with van der Waals surface area (Å²) in [5.41, 5.74) is 12.8. The number of benzene rings is 6. The number of nitrogens with one attached hydrogen (secondary N) is 1. The normalized spacial score (nSPS) is 13.0. The fourth-order valence-electron chi connectivity index (χ4n) is 6.94. The summed E-state index contributed by atoms with van der Waals surface area (Å²) in [6, 6.07) is 48.9. The Bertz CT molecular complexity index is 2150. The van der Waals surface area contributed by atoms with Crippen molar-refractivity contribution in [3.63, 3.8) is 0 Å². The predicted octanol–water partition coefficient (Wildman–Crippen LogP) is 9.58. The van der Waals surface area contributed by atoms with Gasteiger partial charge in [0.2, 0.25) is 0 Å². The van der Waals surface area contributed by atoms with Crippen LogP contribution in [-0.4, -0.2) is 9.55 Å². The zero-order valence-electron chi connectivity index (χ0n) is 21.2. The van der Waals surface area contributed by atoms with Crippen molar-refractivity contribution in [3.8, 4) is 16.8 Å². The van der Waals surface area contributed by atoms with Gasteiger partial charge >= 0.3 is 0 Å². The van der Waals surface area contributed by atoms with Gasteiger partial charge in [0, 0.05) is 44.2 Å². The second-order valence-electron chi connectivity index (χ2n) is 10.6. The van der Waals surface area contributed by atoms with Crippen LogP contribution in [-0.2, 0) is 0 Å². The van der Waals surface area contributed by atoms with Gasteiger partial charge in [-0.2, -0.15) is 0 Å². The molecule has 2 heterocycles. The molecule has 1 N–H and O–H groups in total. The molecule has 182 valence electrons. The van der Waals surface area contributed by atoms with Crippen LogP contribution in [0.15, 0.2) is 133 Å². The van der Waals surface area contributed by atoms with Crippen molar-refractivity contribution < 1.29 is 0 Å². The first-order valence-electron chi connectivity index (χ1n) is 13.6. The van der Waals surface area contributed by atoms with Crippen molar-refractivity contribution in [1.82, 2.24) is 9.55 Å². The molecule has 6 aromatic carbocycles. The quantitative estimate of drug-likeness (QED) is 0.246. The van der Waals surface area contributed by atoms with Gasteiger partial charge in [-0.15, -0.1) is 0 Å². The van der Waals surface area contributed by atoms with E-state index in [1.165, 1.54) is 77.1 Å². The Morgan fingerprint density at radius 3 is 1.67 bits per heavy atom. The van der Waals surface area contributed by atoms with Crippen LogP contribution in [0.4, 0.5) is 0 Å². The van der Waals surface area contributed by atoms with Gasteiger partial charge in [-0.3, -0.25) is 0 Å². The Morgan fingerprint density at radius 2 is 1.00 bits per heavy atom. The van der Waals surface area contributed by atoms with Gasteiger partial charge in [-0.25, -0.2) is 0 Å². The lowest BCUT2D eigenvalue weighted by Crippen LogP contribution is -1.98. The smallest absolute Gasteiger partial charge is 0.0541 e. The Kier molecular flexibility index (Phi) is 4.14. The molecule has 0 aliphatic heterocycles. The van der Waals surface area contributed by atoms with Crippen LogP contribution < -0.4 is 0 Å². The molecule has 0 fully saturated rings. The van der Waals surface area contributed by atoms with Gasteiger partial charge in [0.25, 0.3) is 0 Å². The monoisotopic (exact) mass is 496 g/mol. The maximum atomic E-state index is 3.67. The first-order valence-corrected chi connectivity index (χ1v) is 13.6. The number of nitrogens with zero attached hydrogens (tertiary/aromatic N) is 1. The molecule has 2 nitrogen and oxygen atoms in total. The summed E-state index contributed by atoms with van der Waals surface area (Å²) >= 11 is 0. The van der Waals surface area contributed by atoms with Crippen molar-refractivity contribution >= 4 is 43.6 Å². The fraction of sp³-hybridized carbons (Fsp3) is 0.0270. The number of H-pyrrole nitrogens is 1. The summed E-state index contributed by atoms with van der Waals surface area (Å²) in [4.78, 5) is 3.67. The fourth-order valence-corrected chi connectivity index (χ4v) is 6.94. The van der Waals surface area contributed by atoms with Crippen LogP contribution in [0.1, 0.15) is 22.6 Å². The SMILES string of the molecule is c1ccc2c(c1)-c1ccccc1C2c1ccc2[nH]c3ccc(-n4c5ccccc5c5ccccc54)cc3c2c1. The van der Waals surface area contributed by atoms with E-state index in [0.29, 0.717) is 0 Å². The lowest BCUT2D eigenvalue weighted by molar-refractivity contribution is 1.02. The Morgan fingerprint density at radius 1 is 0.462 bits per heavy atom. The van der Waals surface area contributed by atoms with Gasteiger partial charge in [0.1, 0.15) is 0 Å². The van der Waals surface area contributed by atoms with E-state index < -0.39 is 0 Å². The van der Waals surface area contributed by atoms with Crippen molar-refractivity contribution in [2.75, 3.05) is 0 Å². The van der Waals surface area contributed by atoms with E-state index in [9.17, 15) is 0 Å². The van der Waals surface area contributed by atoms with E-state index in [1.54, 1.807) is 0 Å². The minimum atomic E-state index is 0.243. The van der Waals surface area contributed by atoms with E-state index in [4.69, 9.17) is 0 Å². The predicted molar refractivity (Wildman–Crippen MR) is 163 cm³/mol. The van der Waals surface area contributed by atoms with E-state index in [1.807, 2.05) is 0 Å². The highest BCUT2D eigenvalue weighted by molar-refractivity contribution is 6.11.